The van der Waals surface area contributed by atoms with Gasteiger partial charge in [0, 0.05) is 17.4 Å². The third-order valence-electron chi connectivity index (χ3n) is 2.69. The van der Waals surface area contributed by atoms with Crippen LogP contribution in [0.25, 0.3) is 11.3 Å². The number of hydrogen-bond acceptors (Lipinski definition) is 6. The van der Waals surface area contributed by atoms with Crippen molar-refractivity contribution in [2.75, 3.05) is 13.7 Å². The molecule has 7 heteroatoms. The van der Waals surface area contributed by atoms with Gasteiger partial charge in [0.25, 0.3) is 0 Å². The lowest BCUT2D eigenvalue weighted by atomic mass is 10.2. The van der Waals surface area contributed by atoms with E-state index in [1.54, 1.807) is 7.11 Å². The second-order valence-corrected chi connectivity index (χ2v) is 5.05. The molecule has 0 saturated heterocycles. The summed E-state index contributed by atoms with van der Waals surface area (Å²) in [5, 5.41) is 2.74. The van der Waals surface area contributed by atoms with Gasteiger partial charge in [0.1, 0.15) is 5.75 Å². The Morgan fingerprint density at radius 1 is 1.29 bits per heavy atom. The molecule has 2 N–H and O–H groups in total. The summed E-state index contributed by atoms with van der Waals surface area (Å²) in [4.78, 5) is 25.8. The second kappa shape index (κ2) is 6.85. The summed E-state index contributed by atoms with van der Waals surface area (Å²) in [6.45, 7) is 0.0807. The van der Waals surface area contributed by atoms with E-state index in [1.165, 1.54) is 11.3 Å². The molecule has 1 heterocycles. The second-order valence-electron chi connectivity index (χ2n) is 4.11. The lowest BCUT2D eigenvalue weighted by Crippen LogP contribution is -2.26. The highest BCUT2D eigenvalue weighted by Crippen LogP contribution is 2.24. The van der Waals surface area contributed by atoms with E-state index >= 15 is 0 Å². The van der Waals surface area contributed by atoms with E-state index in [0.717, 1.165) is 22.0 Å². The van der Waals surface area contributed by atoms with Gasteiger partial charge in [-0.3, -0.25) is 4.79 Å². The van der Waals surface area contributed by atoms with Gasteiger partial charge in [0.05, 0.1) is 24.4 Å². The van der Waals surface area contributed by atoms with Crippen molar-refractivity contribution >= 4 is 23.2 Å². The van der Waals surface area contributed by atoms with Crippen LogP contribution in [0.1, 0.15) is 5.01 Å². The van der Waals surface area contributed by atoms with Crippen LogP contribution in [0.3, 0.4) is 0 Å². The molecule has 1 aromatic carbocycles. The molecule has 110 valence electrons. The van der Waals surface area contributed by atoms with Crippen LogP contribution in [0.2, 0.25) is 0 Å². The minimum absolute atomic E-state index is 0.0807. The first-order valence-corrected chi connectivity index (χ1v) is 7.03. The largest absolute Gasteiger partial charge is 0.497 e. The highest BCUT2D eigenvalue weighted by atomic mass is 32.1. The summed E-state index contributed by atoms with van der Waals surface area (Å²) in [5.41, 5.74) is 6.61. The Kier molecular flexibility index (Phi) is 4.89. The fraction of sp³-hybridized carbons (Fsp3) is 0.214. The van der Waals surface area contributed by atoms with Crippen molar-refractivity contribution in [1.82, 2.24) is 4.98 Å². The summed E-state index contributed by atoms with van der Waals surface area (Å²) in [6.07, 6.45) is 0.444. The maximum atomic E-state index is 10.9. The minimum Gasteiger partial charge on any atom is -0.497 e. The SMILES string of the molecule is COc1ccc(-c2csc(CCOC(=O)C(N)=O)n2)cc1. The molecule has 0 bridgehead atoms. The Morgan fingerprint density at radius 2 is 2.00 bits per heavy atom. The number of esters is 1. The third kappa shape index (κ3) is 4.03. The van der Waals surface area contributed by atoms with Gasteiger partial charge in [0.15, 0.2) is 0 Å². The summed E-state index contributed by atoms with van der Waals surface area (Å²) in [5.74, 6) is -1.33. The van der Waals surface area contributed by atoms with Crippen molar-refractivity contribution in [3.63, 3.8) is 0 Å². The van der Waals surface area contributed by atoms with E-state index in [2.05, 4.69) is 9.72 Å². The van der Waals surface area contributed by atoms with Gasteiger partial charge < -0.3 is 15.2 Å². The molecule has 1 amide bonds. The highest BCUT2D eigenvalue weighted by molar-refractivity contribution is 7.09. The Bertz CT molecular complexity index is 637. The first-order chi connectivity index (χ1) is 10.1. The van der Waals surface area contributed by atoms with Crippen molar-refractivity contribution in [1.29, 1.82) is 0 Å². The number of hydrogen-bond donors (Lipinski definition) is 1. The zero-order valence-electron chi connectivity index (χ0n) is 11.4. The van der Waals surface area contributed by atoms with E-state index in [9.17, 15) is 9.59 Å². The molecular formula is C14H14N2O4S. The van der Waals surface area contributed by atoms with E-state index in [-0.39, 0.29) is 6.61 Å². The van der Waals surface area contributed by atoms with Crippen molar-refractivity contribution in [3.8, 4) is 17.0 Å². The average Bonchev–Trinajstić information content (AvgIpc) is 2.96. The Labute approximate surface area is 125 Å². The van der Waals surface area contributed by atoms with Gasteiger partial charge in [-0.2, -0.15) is 0 Å². The number of ether oxygens (including phenoxy) is 2. The molecule has 6 nitrogen and oxygen atoms in total. The molecule has 0 unspecified atom stereocenters. The van der Waals surface area contributed by atoms with Crippen LogP contribution in [0.4, 0.5) is 0 Å². The molecule has 0 fully saturated rings. The summed E-state index contributed by atoms with van der Waals surface area (Å²) >= 11 is 1.46. The number of carbonyl (C=O) groups excluding carboxylic acids is 2. The van der Waals surface area contributed by atoms with Crippen molar-refractivity contribution in [2.24, 2.45) is 5.73 Å². The normalized spacial score (nSPS) is 10.1. The Hall–Kier alpha value is -2.41. The minimum atomic E-state index is -1.09. The third-order valence-corrected chi connectivity index (χ3v) is 3.60. The molecule has 0 spiro atoms. The van der Waals surface area contributed by atoms with Crippen LogP contribution in [-0.4, -0.2) is 30.6 Å². The van der Waals surface area contributed by atoms with E-state index in [4.69, 9.17) is 10.5 Å². The van der Waals surface area contributed by atoms with Crippen LogP contribution < -0.4 is 10.5 Å². The van der Waals surface area contributed by atoms with Gasteiger partial charge >= 0.3 is 11.9 Å². The maximum Gasteiger partial charge on any atom is 0.396 e. The smallest absolute Gasteiger partial charge is 0.396 e. The molecule has 2 aromatic rings. The van der Waals surface area contributed by atoms with Crippen LogP contribution in [-0.2, 0) is 20.7 Å². The number of aromatic nitrogens is 1. The van der Waals surface area contributed by atoms with Gasteiger partial charge in [-0.1, -0.05) is 0 Å². The van der Waals surface area contributed by atoms with E-state index in [1.807, 2.05) is 29.6 Å². The fourth-order valence-corrected chi connectivity index (χ4v) is 2.41. The molecule has 2 rings (SSSR count). The summed E-state index contributed by atoms with van der Waals surface area (Å²) in [7, 11) is 1.61. The number of primary amides is 1. The Balaban J connectivity index is 1.94. The van der Waals surface area contributed by atoms with Crippen LogP contribution >= 0.6 is 11.3 Å². The molecule has 0 aliphatic heterocycles. The molecule has 0 saturated carbocycles. The number of nitrogens with two attached hydrogens (primary N) is 1. The summed E-state index contributed by atoms with van der Waals surface area (Å²) < 4.78 is 9.79. The van der Waals surface area contributed by atoms with Crippen molar-refractivity contribution in [3.05, 3.63) is 34.7 Å². The van der Waals surface area contributed by atoms with E-state index in [0.29, 0.717) is 6.42 Å². The maximum absolute atomic E-state index is 10.9. The van der Waals surface area contributed by atoms with Crippen LogP contribution in [0, 0.1) is 0 Å². The van der Waals surface area contributed by atoms with Crippen molar-refractivity contribution < 1.29 is 19.1 Å². The molecule has 0 aliphatic rings. The molecular weight excluding hydrogens is 292 g/mol. The molecule has 1 aromatic heterocycles. The van der Waals surface area contributed by atoms with Gasteiger partial charge in [-0.05, 0) is 24.3 Å². The zero-order chi connectivity index (χ0) is 15.2. The average molecular weight is 306 g/mol. The van der Waals surface area contributed by atoms with Gasteiger partial charge in [0.2, 0.25) is 0 Å². The molecule has 21 heavy (non-hydrogen) atoms. The first-order valence-electron chi connectivity index (χ1n) is 6.15. The lowest BCUT2D eigenvalue weighted by Gasteiger charge is -2.01. The number of amides is 1. The highest BCUT2D eigenvalue weighted by Gasteiger charge is 2.11. The number of nitrogens with zero attached hydrogens (tertiary/aromatic N) is 1. The van der Waals surface area contributed by atoms with Gasteiger partial charge in [-0.25, -0.2) is 9.78 Å². The fourth-order valence-electron chi connectivity index (χ4n) is 1.62. The van der Waals surface area contributed by atoms with E-state index < -0.39 is 11.9 Å². The zero-order valence-corrected chi connectivity index (χ0v) is 12.2. The molecule has 0 atom stereocenters. The number of methoxy groups -OCH3 is 1. The topological polar surface area (TPSA) is 91.5 Å². The van der Waals surface area contributed by atoms with Gasteiger partial charge in [-0.15, -0.1) is 11.3 Å². The van der Waals surface area contributed by atoms with Crippen LogP contribution in [0.5, 0.6) is 5.75 Å². The first kappa shape index (κ1) is 15.0. The lowest BCUT2D eigenvalue weighted by molar-refractivity contribution is -0.153. The van der Waals surface area contributed by atoms with Crippen molar-refractivity contribution in [2.45, 2.75) is 6.42 Å². The monoisotopic (exact) mass is 306 g/mol. The number of rotatable bonds is 5. The molecule has 0 radical (unpaired) electrons. The standard InChI is InChI=1S/C14H14N2O4S/c1-19-10-4-2-9(3-5-10)11-8-21-12(16-11)6-7-20-14(18)13(15)17/h2-5,8H,6-7H2,1H3,(H2,15,17). The number of benzene rings is 1. The predicted molar refractivity (Wildman–Crippen MR) is 78.0 cm³/mol. The number of thiazole rings is 1. The summed E-state index contributed by atoms with van der Waals surface area (Å²) in [6, 6.07) is 7.57. The Morgan fingerprint density at radius 3 is 2.62 bits per heavy atom. The quantitative estimate of drug-likeness (QED) is 0.666. The van der Waals surface area contributed by atoms with Crippen LogP contribution in [0.15, 0.2) is 29.6 Å². The number of carbonyl (C=O) groups is 2. The predicted octanol–water partition coefficient (Wildman–Crippen LogP) is 1.39. The molecule has 0 aliphatic carbocycles.